The highest BCUT2D eigenvalue weighted by Gasteiger charge is 2.13. The molecular formula is C27H26N2O. The van der Waals surface area contributed by atoms with Crippen LogP contribution in [0.2, 0.25) is 0 Å². The van der Waals surface area contributed by atoms with Gasteiger partial charge in [0.25, 0.3) is 0 Å². The number of hydrogen-bond acceptors (Lipinski definition) is 3. The molecule has 4 aromatic carbocycles. The Kier molecular flexibility index (Phi) is 5.71. The molecule has 4 aromatic rings. The molecule has 0 aromatic heterocycles. The molecular weight excluding hydrogens is 368 g/mol. The fraction of sp³-hybridized carbons (Fsp3) is 0.111. The summed E-state index contributed by atoms with van der Waals surface area (Å²) in [7, 11) is 3.76. The van der Waals surface area contributed by atoms with Gasteiger partial charge in [0.05, 0.1) is 7.11 Å². The van der Waals surface area contributed by atoms with Crippen LogP contribution in [-0.2, 0) is 0 Å². The molecule has 150 valence electrons. The van der Waals surface area contributed by atoms with Crippen molar-refractivity contribution in [3.05, 3.63) is 109 Å². The zero-order chi connectivity index (χ0) is 20.9. The molecule has 0 atom stereocenters. The van der Waals surface area contributed by atoms with Crippen molar-refractivity contribution in [2.45, 2.75) is 6.92 Å². The van der Waals surface area contributed by atoms with E-state index in [2.05, 4.69) is 103 Å². The lowest BCUT2D eigenvalue weighted by Gasteiger charge is -2.27. The molecule has 0 amide bonds. The van der Waals surface area contributed by atoms with E-state index in [1.807, 2.05) is 24.3 Å². The van der Waals surface area contributed by atoms with Crippen molar-refractivity contribution in [2.75, 3.05) is 24.0 Å². The zero-order valence-corrected chi connectivity index (χ0v) is 17.6. The third kappa shape index (κ3) is 4.15. The Balaban J connectivity index is 1.68. The fourth-order valence-corrected chi connectivity index (χ4v) is 3.51. The van der Waals surface area contributed by atoms with Gasteiger partial charge in [-0.15, -0.1) is 0 Å². The van der Waals surface area contributed by atoms with E-state index < -0.39 is 0 Å². The lowest BCUT2D eigenvalue weighted by molar-refractivity contribution is 0.415. The smallest absolute Gasteiger partial charge is 0.120 e. The predicted octanol–water partition coefficient (Wildman–Crippen LogP) is 7.24. The maximum absolute atomic E-state index is 5.36. The van der Waals surface area contributed by atoms with Gasteiger partial charge in [0.15, 0.2) is 0 Å². The summed E-state index contributed by atoms with van der Waals surface area (Å²) in [6.45, 7) is 2.11. The molecule has 0 aliphatic rings. The van der Waals surface area contributed by atoms with Gasteiger partial charge < -0.3 is 14.5 Å². The number of hydrogen-bond donors (Lipinski definition) is 0. The van der Waals surface area contributed by atoms with E-state index in [-0.39, 0.29) is 0 Å². The number of nitrogens with zero attached hydrogens (tertiary/aromatic N) is 2. The summed E-state index contributed by atoms with van der Waals surface area (Å²) in [6.07, 6.45) is 0. The standard InChI is InChI=1S/C27H26N2O/c1-21-12-14-24(15-13-21)29(23-8-5-4-6-9-23)25-18-16-22(17-19-25)28(2)26-10-7-11-27(20-26)30-3/h4-20H,1-3H3. The van der Waals surface area contributed by atoms with Crippen LogP contribution in [0.3, 0.4) is 0 Å². The third-order valence-corrected chi connectivity index (χ3v) is 5.24. The molecule has 0 spiro atoms. The van der Waals surface area contributed by atoms with E-state index in [0.29, 0.717) is 0 Å². The Labute approximate surface area is 178 Å². The Morgan fingerprint density at radius 2 is 1.10 bits per heavy atom. The number of rotatable bonds is 6. The summed E-state index contributed by atoms with van der Waals surface area (Å²) < 4.78 is 5.36. The van der Waals surface area contributed by atoms with Gasteiger partial charge in [0, 0.05) is 41.6 Å². The average Bonchev–Trinajstić information content (AvgIpc) is 2.81. The van der Waals surface area contributed by atoms with E-state index in [4.69, 9.17) is 4.74 Å². The molecule has 3 nitrogen and oxygen atoms in total. The molecule has 0 heterocycles. The van der Waals surface area contributed by atoms with Crippen molar-refractivity contribution in [3.8, 4) is 5.75 Å². The van der Waals surface area contributed by atoms with Crippen LogP contribution in [0.4, 0.5) is 28.4 Å². The Morgan fingerprint density at radius 3 is 1.73 bits per heavy atom. The maximum Gasteiger partial charge on any atom is 0.120 e. The first kappa shape index (κ1) is 19.6. The van der Waals surface area contributed by atoms with E-state index in [0.717, 1.165) is 34.2 Å². The quantitative estimate of drug-likeness (QED) is 0.343. The molecule has 0 N–H and O–H groups in total. The molecule has 0 bridgehead atoms. The van der Waals surface area contributed by atoms with E-state index >= 15 is 0 Å². The first-order valence-corrected chi connectivity index (χ1v) is 10.1. The lowest BCUT2D eigenvalue weighted by Crippen LogP contribution is -2.12. The fourth-order valence-electron chi connectivity index (χ4n) is 3.51. The highest BCUT2D eigenvalue weighted by molar-refractivity contribution is 5.78. The van der Waals surface area contributed by atoms with Crippen LogP contribution in [0.25, 0.3) is 0 Å². The van der Waals surface area contributed by atoms with Crippen LogP contribution in [0.15, 0.2) is 103 Å². The monoisotopic (exact) mass is 394 g/mol. The van der Waals surface area contributed by atoms with Gasteiger partial charge in [-0.05, 0) is 67.6 Å². The van der Waals surface area contributed by atoms with Gasteiger partial charge >= 0.3 is 0 Å². The second kappa shape index (κ2) is 8.75. The highest BCUT2D eigenvalue weighted by Crippen LogP contribution is 2.36. The summed E-state index contributed by atoms with van der Waals surface area (Å²) in [5.41, 5.74) is 6.84. The SMILES string of the molecule is COc1cccc(N(C)c2ccc(N(c3ccccc3)c3ccc(C)cc3)cc2)c1. The molecule has 0 saturated carbocycles. The summed E-state index contributed by atoms with van der Waals surface area (Å²) in [5, 5.41) is 0. The molecule has 0 unspecified atom stereocenters. The van der Waals surface area contributed by atoms with Crippen LogP contribution in [0.5, 0.6) is 5.75 Å². The summed E-state index contributed by atoms with van der Waals surface area (Å²) >= 11 is 0. The Morgan fingerprint density at radius 1 is 0.567 bits per heavy atom. The van der Waals surface area contributed by atoms with Crippen LogP contribution in [-0.4, -0.2) is 14.2 Å². The van der Waals surface area contributed by atoms with Crippen molar-refractivity contribution in [2.24, 2.45) is 0 Å². The molecule has 30 heavy (non-hydrogen) atoms. The van der Waals surface area contributed by atoms with Gasteiger partial charge in [-0.2, -0.15) is 0 Å². The van der Waals surface area contributed by atoms with Crippen LogP contribution >= 0.6 is 0 Å². The molecule has 0 fully saturated rings. The van der Waals surface area contributed by atoms with Gasteiger partial charge in [0.1, 0.15) is 5.75 Å². The van der Waals surface area contributed by atoms with Gasteiger partial charge in [-0.25, -0.2) is 0 Å². The first-order chi connectivity index (χ1) is 14.7. The Bertz CT molecular complexity index is 1090. The van der Waals surface area contributed by atoms with Crippen LogP contribution < -0.4 is 14.5 Å². The number of para-hydroxylation sites is 1. The summed E-state index contributed by atoms with van der Waals surface area (Å²) in [6, 6.07) is 35.8. The van der Waals surface area contributed by atoms with Crippen molar-refractivity contribution < 1.29 is 4.74 Å². The minimum absolute atomic E-state index is 0.852. The van der Waals surface area contributed by atoms with Crippen molar-refractivity contribution >= 4 is 28.4 Å². The number of benzene rings is 4. The topological polar surface area (TPSA) is 15.7 Å². The first-order valence-electron chi connectivity index (χ1n) is 10.1. The van der Waals surface area contributed by atoms with E-state index in [9.17, 15) is 0 Å². The van der Waals surface area contributed by atoms with Crippen molar-refractivity contribution in [1.29, 1.82) is 0 Å². The molecule has 3 heteroatoms. The van der Waals surface area contributed by atoms with Gasteiger partial charge in [-0.3, -0.25) is 0 Å². The number of ether oxygens (including phenoxy) is 1. The molecule has 0 aliphatic heterocycles. The van der Waals surface area contributed by atoms with Gasteiger partial charge in [-0.1, -0.05) is 42.0 Å². The second-order valence-corrected chi connectivity index (χ2v) is 7.28. The lowest BCUT2D eigenvalue weighted by atomic mass is 10.1. The van der Waals surface area contributed by atoms with Crippen LogP contribution in [0, 0.1) is 6.92 Å². The number of aryl methyl sites for hydroxylation is 1. The van der Waals surface area contributed by atoms with Crippen molar-refractivity contribution in [1.82, 2.24) is 0 Å². The second-order valence-electron chi connectivity index (χ2n) is 7.28. The summed E-state index contributed by atoms with van der Waals surface area (Å²) in [5.74, 6) is 0.852. The average molecular weight is 395 g/mol. The van der Waals surface area contributed by atoms with E-state index in [1.54, 1.807) is 7.11 Å². The predicted molar refractivity (Wildman–Crippen MR) is 127 cm³/mol. The van der Waals surface area contributed by atoms with Crippen LogP contribution in [0.1, 0.15) is 5.56 Å². The maximum atomic E-state index is 5.36. The molecule has 0 aliphatic carbocycles. The molecule has 0 saturated heterocycles. The molecule has 4 rings (SSSR count). The largest absolute Gasteiger partial charge is 0.497 e. The number of methoxy groups -OCH3 is 1. The minimum atomic E-state index is 0.852. The van der Waals surface area contributed by atoms with E-state index in [1.165, 1.54) is 5.56 Å². The van der Waals surface area contributed by atoms with Crippen molar-refractivity contribution in [3.63, 3.8) is 0 Å². The minimum Gasteiger partial charge on any atom is -0.497 e. The highest BCUT2D eigenvalue weighted by atomic mass is 16.5. The number of anilines is 5. The molecule has 0 radical (unpaired) electrons. The Hall–Kier alpha value is -3.72. The van der Waals surface area contributed by atoms with Gasteiger partial charge in [0.2, 0.25) is 0 Å². The normalized spacial score (nSPS) is 10.5. The summed E-state index contributed by atoms with van der Waals surface area (Å²) in [4.78, 5) is 4.43. The zero-order valence-electron chi connectivity index (χ0n) is 17.6. The third-order valence-electron chi connectivity index (χ3n) is 5.24.